The van der Waals surface area contributed by atoms with Crippen molar-refractivity contribution < 1.29 is 14.7 Å². The fourth-order valence-electron chi connectivity index (χ4n) is 3.41. The Labute approximate surface area is 159 Å². The number of halogens is 1. The van der Waals surface area contributed by atoms with Gasteiger partial charge in [-0.05, 0) is 30.7 Å². The van der Waals surface area contributed by atoms with E-state index in [0.29, 0.717) is 10.8 Å². The molecular formula is C18H16ClN5O3. The quantitative estimate of drug-likeness (QED) is 0.740. The highest BCUT2D eigenvalue weighted by atomic mass is 35.5. The van der Waals surface area contributed by atoms with Gasteiger partial charge in [0.15, 0.2) is 0 Å². The van der Waals surface area contributed by atoms with Crippen LogP contribution in [0.15, 0.2) is 36.5 Å². The van der Waals surface area contributed by atoms with E-state index in [1.165, 1.54) is 9.42 Å². The lowest BCUT2D eigenvalue weighted by Gasteiger charge is -2.15. The van der Waals surface area contributed by atoms with E-state index < -0.39 is 17.8 Å². The number of carboxylic acid groups (broad SMARTS) is 1. The van der Waals surface area contributed by atoms with Crippen LogP contribution >= 0.6 is 11.6 Å². The number of nitrogens with zero attached hydrogens (tertiary/aromatic N) is 5. The number of rotatable bonds is 3. The summed E-state index contributed by atoms with van der Waals surface area (Å²) in [5.41, 5.74) is 1.64. The molecule has 1 aliphatic heterocycles. The van der Waals surface area contributed by atoms with Crippen molar-refractivity contribution in [2.45, 2.75) is 12.8 Å². The molecule has 1 aromatic carbocycles. The third-order valence-electron chi connectivity index (χ3n) is 4.84. The summed E-state index contributed by atoms with van der Waals surface area (Å²) < 4.78 is 1.49. The predicted octanol–water partition coefficient (Wildman–Crippen LogP) is 2.03. The Balaban J connectivity index is 1.63. The SMILES string of the molecule is Cc1ccnc2nc(C(=O)N3C[C@@H](C(=O)O)[C@H](c4ccc(Cl)cc4)C3)nn12. The van der Waals surface area contributed by atoms with E-state index >= 15 is 0 Å². The van der Waals surface area contributed by atoms with Crippen molar-refractivity contribution >= 4 is 29.3 Å². The van der Waals surface area contributed by atoms with Gasteiger partial charge in [-0.15, -0.1) is 5.10 Å². The molecule has 0 unspecified atom stereocenters. The molecule has 1 N–H and O–H groups in total. The number of hydrogen-bond donors (Lipinski definition) is 1. The summed E-state index contributed by atoms with van der Waals surface area (Å²) in [7, 11) is 0. The van der Waals surface area contributed by atoms with Crippen molar-refractivity contribution in [1.29, 1.82) is 0 Å². The van der Waals surface area contributed by atoms with Crippen LogP contribution in [0.4, 0.5) is 0 Å². The minimum absolute atomic E-state index is 0.0118. The smallest absolute Gasteiger partial charge is 0.308 e. The molecule has 0 saturated carbocycles. The molecule has 27 heavy (non-hydrogen) atoms. The molecule has 1 saturated heterocycles. The van der Waals surface area contributed by atoms with Gasteiger partial charge in [-0.1, -0.05) is 23.7 Å². The highest BCUT2D eigenvalue weighted by Crippen LogP contribution is 2.34. The van der Waals surface area contributed by atoms with Gasteiger partial charge in [-0.25, -0.2) is 9.50 Å². The molecule has 3 aromatic rings. The molecule has 9 heteroatoms. The summed E-state index contributed by atoms with van der Waals surface area (Å²) >= 11 is 5.92. The van der Waals surface area contributed by atoms with Gasteiger partial charge in [-0.2, -0.15) is 4.98 Å². The Morgan fingerprint density at radius 3 is 2.59 bits per heavy atom. The number of likely N-dealkylation sites (tertiary alicyclic amines) is 1. The van der Waals surface area contributed by atoms with Crippen molar-refractivity contribution in [3.63, 3.8) is 0 Å². The number of carbonyl (C=O) groups is 2. The van der Waals surface area contributed by atoms with Gasteiger partial charge < -0.3 is 10.0 Å². The minimum Gasteiger partial charge on any atom is -0.481 e. The summed E-state index contributed by atoms with van der Waals surface area (Å²) in [5, 5.41) is 14.4. The molecule has 1 fully saturated rings. The lowest BCUT2D eigenvalue weighted by Crippen LogP contribution is -2.30. The number of carbonyl (C=O) groups excluding carboxylic acids is 1. The third-order valence-corrected chi connectivity index (χ3v) is 5.10. The van der Waals surface area contributed by atoms with Crippen LogP contribution in [0.3, 0.4) is 0 Å². The molecule has 8 nitrogen and oxygen atoms in total. The maximum Gasteiger partial charge on any atom is 0.308 e. The molecule has 3 heterocycles. The number of aromatic nitrogens is 4. The van der Waals surface area contributed by atoms with Crippen LogP contribution in [-0.2, 0) is 4.79 Å². The fraction of sp³-hybridized carbons (Fsp3) is 0.278. The summed E-state index contributed by atoms with van der Waals surface area (Å²) in [5.74, 6) is -2.01. The predicted molar refractivity (Wildman–Crippen MR) is 96.7 cm³/mol. The second-order valence-corrected chi connectivity index (χ2v) is 6.98. The Morgan fingerprint density at radius 2 is 1.93 bits per heavy atom. The number of aliphatic carboxylic acids is 1. The first-order valence-corrected chi connectivity index (χ1v) is 8.78. The number of amides is 1. The van der Waals surface area contributed by atoms with Crippen molar-refractivity contribution in [1.82, 2.24) is 24.5 Å². The molecule has 0 bridgehead atoms. The van der Waals surface area contributed by atoms with Crippen molar-refractivity contribution in [3.05, 3.63) is 58.6 Å². The van der Waals surface area contributed by atoms with Crippen LogP contribution < -0.4 is 0 Å². The number of aryl methyl sites for hydroxylation is 1. The maximum absolute atomic E-state index is 12.9. The standard InChI is InChI=1S/C18H16ClN5O3/c1-10-6-7-20-18-21-15(22-24(10)18)16(25)23-8-13(14(9-23)17(26)27)11-2-4-12(19)5-3-11/h2-7,13-14H,8-9H2,1H3,(H,26,27)/t13-,14+/m0/s1. The lowest BCUT2D eigenvalue weighted by molar-refractivity contribution is -0.141. The second kappa shape index (κ2) is 6.62. The van der Waals surface area contributed by atoms with E-state index in [4.69, 9.17) is 11.6 Å². The van der Waals surface area contributed by atoms with Gasteiger partial charge in [-0.3, -0.25) is 9.59 Å². The number of fused-ring (bicyclic) bond motifs is 1. The van der Waals surface area contributed by atoms with Crippen molar-refractivity contribution in [2.75, 3.05) is 13.1 Å². The number of carboxylic acids is 1. The molecule has 4 rings (SSSR count). The monoisotopic (exact) mass is 385 g/mol. The molecule has 1 aliphatic rings. The molecule has 2 aromatic heterocycles. The van der Waals surface area contributed by atoms with E-state index in [0.717, 1.165) is 11.3 Å². The zero-order valence-electron chi connectivity index (χ0n) is 14.4. The molecular weight excluding hydrogens is 370 g/mol. The van der Waals surface area contributed by atoms with Gasteiger partial charge in [0, 0.05) is 35.9 Å². The summed E-state index contributed by atoms with van der Waals surface area (Å²) in [6, 6.07) is 8.81. The first kappa shape index (κ1) is 17.4. The van der Waals surface area contributed by atoms with E-state index in [1.807, 2.05) is 6.92 Å². The van der Waals surface area contributed by atoms with E-state index in [9.17, 15) is 14.7 Å². The first-order valence-electron chi connectivity index (χ1n) is 8.40. The van der Waals surface area contributed by atoms with Gasteiger partial charge in [0.05, 0.1) is 5.92 Å². The zero-order chi connectivity index (χ0) is 19.1. The number of benzene rings is 1. The van der Waals surface area contributed by atoms with Crippen LogP contribution in [0.25, 0.3) is 5.78 Å². The molecule has 1 amide bonds. The maximum atomic E-state index is 12.9. The second-order valence-electron chi connectivity index (χ2n) is 6.55. The zero-order valence-corrected chi connectivity index (χ0v) is 15.2. The van der Waals surface area contributed by atoms with Gasteiger partial charge >= 0.3 is 5.97 Å². The molecule has 0 spiro atoms. The fourth-order valence-corrected chi connectivity index (χ4v) is 3.53. The van der Waals surface area contributed by atoms with Crippen LogP contribution in [-0.4, -0.2) is 54.6 Å². The lowest BCUT2D eigenvalue weighted by atomic mass is 9.89. The molecule has 138 valence electrons. The van der Waals surface area contributed by atoms with Crippen LogP contribution in [0.5, 0.6) is 0 Å². The highest BCUT2D eigenvalue weighted by molar-refractivity contribution is 6.30. The largest absolute Gasteiger partial charge is 0.481 e. The van der Waals surface area contributed by atoms with Gasteiger partial charge in [0.25, 0.3) is 11.7 Å². The average molecular weight is 386 g/mol. The van der Waals surface area contributed by atoms with Crippen molar-refractivity contribution in [3.8, 4) is 0 Å². The number of hydrogen-bond acceptors (Lipinski definition) is 5. The van der Waals surface area contributed by atoms with Gasteiger partial charge in [0.2, 0.25) is 5.82 Å². The Morgan fingerprint density at radius 1 is 1.19 bits per heavy atom. The molecule has 0 radical (unpaired) electrons. The van der Waals surface area contributed by atoms with Crippen LogP contribution in [0.2, 0.25) is 5.02 Å². The Kier molecular flexibility index (Phi) is 4.27. The average Bonchev–Trinajstić information content (AvgIpc) is 3.27. The normalized spacial score (nSPS) is 19.6. The summed E-state index contributed by atoms with van der Waals surface area (Å²) in [6.07, 6.45) is 1.60. The van der Waals surface area contributed by atoms with Gasteiger partial charge in [0.1, 0.15) is 0 Å². The third kappa shape index (κ3) is 3.12. The summed E-state index contributed by atoms with van der Waals surface area (Å²) in [6.45, 7) is 2.22. The Hall–Kier alpha value is -3.00. The molecule has 0 aliphatic carbocycles. The van der Waals surface area contributed by atoms with Crippen LogP contribution in [0.1, 0.15) is 27.8 Å². The first-order chi connectivity index (χ1) is 12.9. The van der Waals surface area contributed by atoms with E-state index in [2.05, 4.69) is 15.1 Å². The molecule has 2 atom stereocenters. The topological polar surface area (TPSA) is 101 Å². The van der Waals surface area contributed by atoms with E-state index in [1.54, 1.807) is 36.5 Å². The summed E-state index contributed by atoms with van der Waals surface area (Å²) in [4.78, 5) is 34.4. The van der Waals surface area contributed by atoms with E-state index in [-0.39, 0.29) is 24.8 Å². The highest BCUT2D eigenvalue weighted by Gasteiger charge is 2.41. The Bertz CT molecular complexity index is 1030. The van der Waals surface area contributed by atoms with Crippen LogP contribution in [0, 0.1) is 12.8 Å². The minimum atomic E-state index is -0.939. The van der Waals surface area contributed by atoms with Crippen molar-refractivity contribution in [2.24, 2.45) is 5.92 Å².